The second-order valence-electron chi connectivity index (χ2n) is 7.35. The minimum absolute atomic E-state index is 0.115. The minimum Gasteiger partial charge on any atom is -0.339 e. The van der Waals surface area contributed by atoms with Crippen molar-refractivity contribution in [3.05, 3.63) is 65.5 Å². The molecular formula is C22H23F3N4O2. The molecule has 1 aromatic heterocycles. The number of aryl methyl sites for hydroxylation is 2. The van der Waals surface area contributed by atoms with Gasteiger partial charge < -0.3 is 9.84 Å². The highest BCUT2D eigenvalue weighted by Crippen LogP contribution is 2.31. The Balaban J connectivity index is 1.46. The van der Waals surface area contributed by atoms with Gasteiger partial charge in [-0.25, -0.2) is 0 Å². The molecule has 31 heavy (non-hydrogen) atoms. The van der Waals surface area contributed by atoms with Crippen LogP contribution >= 0.6 is 0 Å². The summed E-state index contributed by atoms with van der Waals surface area (Å²) >= 11 is 0. The summed E-state index contributed by atoms with van der Waals surface area (Å²) in [7, 11) is 1.83. The first-order chi connectivity index (χ1) is 14.7. The van der Waals surface area contributed by atoms with Gasteiger partial charge in [0.25, 0.3) is 0 Å². The number of carbonyl (C=O) groups is 1. The Bertz CT molecular complexity index is 1020. The van der Waals surface area contributed by atoms with Gasteiger partial charge in [0.1, 0.15) is 0 Å². The van der Waals surface area contributed by atoms with Gasteiger partial charge >= 0.3 is 6.18 Å². The Morgan fingerprint density at radius 3 is 2.61 bits per heavy atom. The van der Waals surface area contributed by atoms with Crippen LogP contribution in [0.15, 0.2) is 53.1 Å². The molecule has 0 aliphatic rings. The van der Waals surface area contributed by atoms with Gasteiger partial charge in [0.2, 0.25) is 17.6 Å². The third kappa shape index (κ3) is 6.65. The number of hydrogen-bond donors (Lipinski definition) is 1. The molecule has 3 rings (SSSR count). The summed E-state index contributed by atoms with van der Waals surface area (Å²) < 4.78 is 43.7. The number of carbonyl (C=O) groups excluding carboxylic acids is 1. The van der Waals surface area contributed by atoms with E-state index in [0.29, 0.717) is 25.3 Å². The van der Waals surface area contributed by atoms with Crippen molar-refractivity contribution in [1.82, 2.24) is 15.0 Å². The van der Waals surface area contributed by atoms with Crippen LogP contribution in [0.25, 0.3) is 11.4 Å². The maximum Gasteiger partial charge on any atom is 0.416 e. The van der Waals surface area contributed by atoms with Crippen molar-refractivity contribution in [2.45, 2.75) is 25.9 Å². The molecule has 1 N–H and O–H groups in total. The SMILES string of the molecule is Cc1ccc(NC(=O)CN(C)CCCc2nc(-c3cccc(C(F)(F)F)c3)no2)cc1. The van der Waals surface area contributed by atoms with Crippen molar-refractivity contribution < 1.29 is 22.5 Å². The molecule has 9 heteroatoms. The number of hydrogen-bond acceptors (Lipinski definition) is 5. The van der Waals surface area contributed by atoms with Crippen molar-refractivity contribution >= 4 is 11.6 Å². The zero-order valence-electron chi connectivity index (χ0n) is 17.2. The molecule has 1 amide bonds. The van der Waals surface area contributed by atoms with Crippen LogP contribution in [0.3, 0.4) is 0 Å². The van der Waals surface area contributed by atoms with Crippen LogP contribution in [0.1, 0.15) is 23.4 Å². The fraction of sp³-hybridized carbons (Fsp3) is 0.318. The first-order valence-corrected chi connectivity index (χ1v) is 9.76. The van der Waals surface area contributed by atoms with Gasteiger partial charge in [0, 0.05) is 17.7 Å². The molecule has 0 spiro atoms. The van der Waals surface area contributed by atoms with E-state index in [4.69, 9.17) is 4.52 Å². The summed E-state index contributed by atoms with van der Waals surface area (Å²) in [5, 5.41) is 6.62. The van der Waals surface area contributed by atoms with Crippen LogP contribution in [-0.4, -0.2) is 41.1 Å². The largest absolute Gasteiger partial charge is 0.416 e. The van der Waals surface area contributed by atoms with E-state index >= 15 is 0 Å². The summed E-state index contributed by atoms with van der Waals surface area (Å²) in [5.74, 6) is 0.341. The number of rotatable bonds is 8. The summed E-state index contributed by atoms with van der Waals surface area (Å²) in [4.78, 5) is 18.2. The van der Waals surface area contributed by atoms with Gasteiger partial charge in [-0.3, -0.25) is 9.69 Å². The van der Waals surface area contributed by atoms with E-state index in [9.17, 15) is 18.0 Å². The average molecular weight is 432 g/mol. The second kappa shape index (κ2) is 9.74. The van der Waals surface area contributed by atoms with Gasteiger partial charge in [-0.1, -0.05) is 35.0 Å². The van der Waals surface area contributed by atoms with Crippen molar-refractivity contribution in [2.75, 3.05) is 25.5 Å². The summed E-state index contributed by atoms with van der Waals surface area (Å²) in [6.07, 6.45) is -3.33. The minimum atomic E-state index is -4.43. The normalized spacial score (nSPS) is 11.7. The fourth-order valence-corrected chi connectivity index (χ4v) is 2.97. The lowest BCUT2D eigenvalue weighted by Crippen LogP contribution is -2.31. The van der Waals surface area contributed by atoms with Crippen molar-refractivity contribution in [1.29, 1.82) is 0 Å². The number of amides is 1. The molecule has 0 bridgehead atoms. The predicted molar refractivity (Wildman–Crippen MR) is 110 cm³/mol. The second-order valence-corrected chi connectivity index (χ2v) is 7.35. The molecule has 3 aromatic rings. The zero-order chi connectivity index (χ0) is 22.4. The van der Waals surface area contributed by atoms with E-state index in [-0.39, 0.29) is 23.8 Å². The number of aromatic nitrogens is 2. The predicted octanol–water partition coefficient (Wildman–Crippen LogP) is 4.57. The smallest absolute Gasteiger partial charge is 0.339 e. The zero-order valence-corrected chi connectivity index (χ0v) is 17.2. The highest BCUT2D eigenvalue weighted by molar-refractivity contribution is 5.92. The van der Waals surface area contributed by atoms with E-state index in [1.165, 1.54) is 12.1 Å². The highest BCUT2D eigenvalue weighted by atomic mass is 19.4. The molecule has 164 valence electrons. The maximum absolute atomic E-state index is 12.9. The van der Waals surface area contributed by atoms with E-state index < -0.39 is 11.7 Å². The number of nitrogens with one attached hydrogen (secondary N) is 1. The Morgan fingerprint density at radius 1 is 1.16 bits per heavy atom. The lowest BCUT2D eigenvalue weighted by Gasteiger charge is -2.15. The van der Waals surface area contributed by atoms with E-state index in [0.717, 1.165) is 23.4 Å². The number of alkyl halides is 3. The highest BCUT2D eigenvalue weighted by Gasteiger charge is 2.30. The summed E-state index contributed by atoms with van der Waals surface area (Å²) in [6.45, 7) is 2.82. The monoisotopic (exact) mass is 432 g/mol. The van der Waals surface area contributed by atoms with Crippen LogP contribution in [0.2, 0.25) is 0 Å². The van der Waals surface area contributed by atoms with Gasteiger partial charge in [-0.05, 0) is 51.2 Å². The van der Waals surface area contributed by atoms with Crippen LogP contribution in [0.4, 0.5) is 18.9 Å². The molecule has 0 saturated heterocycles. The molecule has 2 aromatic carbocycles. The Morgan fingerprint density at radius 2 is 1.90 bits per heavy atom. The van der Waals surface area contributed by atoms with Crippen molar-refractivity contribution in [3.63, 3.8) is 0 Å². The maximum atomic E-state index is 12.9. The number of benzene rings is 2. The van der Waals surface area contributed by atoms with Gasteiger partial charge in [0.05, 0.1) is 12.1 Å². The lowest BCUT2D eigenvalue weighted by molar-refractivity contribution is -0.137. The van der Waals surface area contributed by atoms with E-state index in [1.54, 1.807) is 0 Å². The quantitative estimate of drug-likeness (QED) is 0.565. The third-order valence-corrected chi connectivity index (χ3v) is 4.60. The molecule has 0 aliphatic carbocycles. The molecule has 0 radical (unpaired) electrons. The number of nitrogens with zero attached hydrogens (tertiary/aromatic N) is 3. The van der Waals surface area contributed by atoms with E-state index in [2.05, 4.69) is 15.5 Å². The van der Waals surface area contributed by atoms with Gasteiger partial charge in [0.15, 0.2) is 0 Å². The topological polar surface area (TPSA) is 71.3 Å². The van der Waals surface area contributed by atoms with Crippen LogP contribution in [0.5, 0.6) is 0 Å². The first-order valence-electron chi connectivity index (χ1n) is 9.76. The average Bonchev–Trinajstić information content (AvgIpc) is 3.18. The Labute approximate surface area is 178 Å². The molecule has 0 saturated carbocycles. The van der Waals surface area contributed by atoms with Crippen molar-refractivity contribution in [3.8, 4) is 11.4 Å². The summed E-state index contributed by atoms with van der Waals surface area (Å²) in [5.41, 5.74) is 1.35. The Hall–Kier alpha value is -3.20. The van der Waals surface area contributed by atoms with Crippen LogP contribution in [-0.2, 0) is 17.4 Å². The molecular weight excluding hydrogens is 409 g/mol. The van der Waals surface area contributed by atoms with Crippen LogP contribution in [0, 0.1) is 6.92 Å². The molecule has 0 fully saturated rings. The number of anilines is 1. The summed E-state index contributed by atoms with van der Waals surface area (Å²) in [6, 6.07) is 12.4. The molecule has 0 atom stereocenters. The first kappa shape index (κ1) is 22.5. The Kier molecular flexibility index (Phi) is 7.06. The third-order valence-electron chi connectivity index (χ3n) is 4.60. The fourth-order valence-electron chi connectivity index (χ4n) is 2.97. The number of likely N-dealkylation sites (N-methyl/N-ethyl adjacent to an activating group) is 1. The molecule has 6 nitrogen and oxygen atoms in total. The lowest BCUT2D eigenvalue weighted by atomic mass is 10.1. The van der Waals surface area contributed by atoms with Crippen LogP contribution < -0.4 is 5.32 Å². The van der Waals surface area contributed by atoms with Gasteiger partial charge in [-0.15, -0.1) is 0 Å². The van der Waals surface area contributed by atoms with Gasteiger partial charge in [-0.2, -0.15) is 18.2 Å². The molecule has 0 aliphatic heterocycles. The standard InChI is InChI=1S/C22H23F3N4O2/c1-15-8-10-18(11-9-15)26-19(30)14-29(2)12-4-7-20-27-21(28-31-20)16-5-3-6-17(13-16)22(23,24)25/h3,5-6,8-11,13H,4,7,12,14H2,1-2H3,(H,26,30). The molecule has 0 unspecified atom stereocenters. The van der Waals surface area contributed by atoms with Crippen molar-refractivity contribution in [2.24, 2.45) is 0 Å². The molecule has 1 heterocycles. The number of halogens is 3. The van der Waals surface area contributed by atoms with E-state index in [1.807, 2.05) is 43.1 Å².